The van der Waals surface area contributed by atoms with Crippen LogP contribution < -0.4 is 11.1 Å². The van der Waals surface area contributed by atoms with E-state index in [1.54, 1.807) is 12.1 Å². The molecule has 1 amide bonds. The smallest absolute Gasteiger partial charge is 0.228 e. The molecule has 2 atom stereocenters. The van der Waals surface area contributed by atoms with Gasteiger partial charge in [0.2, 0.25) is 5.91 Å². The zero-order valence-corrected chi connectivity index (χ0v) is 12.5. The molecule has 2 aromatic rings. The summed E-state index contributed by atoms with van der Waals surface area (Å²) >= 11 is 6.31. The lowest BCUT2D eigenvalue weighted by Crippen LogP contribution is -2.39. The van der Waals surface area contributed by atoms with E-state index in [-0.39, 0.29) is 17.9 Å². The van der Waals surface area contributed by atoms with Crippen molar-refractivity contribution < 1.29 is 4.79 Å². The molecular weight excluding hydrogens is 284 g/mol. The van der Waals surface area contributed by atoms with Crippen LogP contribution in [0.25, 0.3) is 0 Å². The number of nitrogens with two attached hydrogens (primary N) is 1. The largest absolute Gasteiger partial charge is 0.399 e. The van der Waals surface area contributed by atoms with Gasteiger partial charge in [0, 0.05) is 10.7 Å². The van der Waals surface area contributed by atoms with Gasteiger partial charge in [-0.05, 0) is 41.3 Å². The van der Waals surface area contributed by atoms with Crippen molar-refractivity contribution in [2.24, 2.45) is 0 Å². The number of amides is 1. The third-order valence-electron chi connectivity index (χ3n) is 4.02. The fraction of sp³-hybridized carbons (Fsp3) is 0.235. The Kier molecular flexibility index (Phi) is 3.60. The summed E-state index contributed by atoms with van der Waals surface area (Å²) in [6, 6.07) is 13.1. The predicted molar refractivity (Wildman–Crippen MR) is 85.3 cm³/mol. The Morgan fingerprint density at radius 3 is 2.57 bits per heavy atom. The minimum Gasteiger partial charge on any atom is -0.399 e. The summed E-state index contributed by atoms with van der Waals surface area (Å²) in [6.07, 6.45) is 0.778. The van der Waals surface area contributed by atoms with Gasteiger partial charge in [0.05, 0.1) is 12.0 Å². The molecule has 0 fully saturated rings. The Labute approximate surface area is 129 Å². The lowest BCUT2D eigenvalue weighted by Gasteiger charge is -2.32. The van der Waals surface area contributed by atoms with Crippen molar-refractivity contribution in [3.63, 3.8) is 0 Å². The van der Waals surface area contributed by atoms with Crippen molar-refractivity contribution in [3.8, 4) is 0 Å². The summed E-state index contributed by atoms with van der Waals surface area (Å²) in [5, 5.41) is 3.69. The second kappa shape index (κ2) is 5.41. The number of nitrogens with one attached hydrogen (secondary N) is 1. The number of halogens is 1. The fourth-order valence-electron chi connectivity index (χ4n) is 2.99. The fourth-order valence-corrected chi connectivity index (χ4v) is 3.21. The molecule has 2 aromatic carbocycles. The zero-order valence-electron chi connectivity index (χ0n) is 11.8. The average molecular weight is 301 g/mol. The van der Waals surface area contributed by atoms with E-state index in [4.69, 9.17) is 17.3 Å². The van der Waals surface area contributed by atoms with Crippen LogP contribution in [0.5, 0.6) is 0 Å². The van der Waals surface area contributed by atoms with Gasteiger partial charge < -0.3 is 11.1 Å². The third kappa shape index (κ3) is 2.38. The molecule has 0 saturated heterocycles. The first-order valence-electron chi connectivity index (χ1n) is 7.06. The summed E-state index contributed by atoms with van der Waals surface area (Å²) in [6.45, 7) is 2.02. The van der Waals surface area contributed by atoms with E-state index in [0.717, 1.165) is 23.1 Å². The van der Waals surface area contributed by atoms with Crippen LogP contribution >= 0.6 is 11.6 Å². The molecule has 3 N–H and O–H groups in total. The predicted octanol–water partition coefficient (Wildman–Crippen LogP) is 3.64. The SMILES string of the molecule is CCC1C(=O)NC(c2cc(N)ccc2Cl)c2ccccc21. The van der Waals surface area contributed by atoms with E-state index in [0.29, 0.717) is 10.7 Å². The van der Waals surface area contributed by atoms with Gasteiger partial charge in [0.15, 0.2) is 0 Å². The van der Waals surface area contributed by atoms with Crippen molar-refractivity contribution in [1.82, 2.24) is 5.32 Å². The highest BCUT2D eigenvalue weighted by Crippen LogP contribution is 2.38. The van der Waals surface area contributed by atoms with Gasteiger partial charge >= 0.3 is 0 Å². The number of anilines is 1. The molecule has 1 aliphatic rings. The van der Waals surface area contributed by atoms with Gasteiger partial charge in [-0.15, -0.1) is 0 Å². The van der Waals surface area contributed by atoms with Crippen LogP contribution in [0.1, 0.15) is 42.0 Å². The molecule has 3 nitrogen and oxygen atoms in total. The molecular formula is C17H17ClN2O. The summed E-state index contributed by atoms with van der Waals surface area (Å²) in [5.74, 6) is -0.0584. The Balaban J connectivity index is 2.16. The Hall–Kier alpha value is -2.00. The van der Waals surface area contributed by atoms with Crippen molar-refractivity contribution in [2.75, 3.05) is 5.73 Å². The second-order valence-electron chi connectivity index (χ2n) is 5.31. The zero-order chi connectivity index (χ0) is 15.0. The summed E-state index contributed by atoms with van der Waals surface area (Å²) in [7, 11) is 0. The van der Waals surface area contributed by atoms with Gasteiger partial charge in [0.25, 0.3) is 0 Å². The second-order valence-corrected chi connectivity index (χ2v) is 5.72. The molecule has 1 aliphatic heterocycles. The Bertz CT molecular complexity index is 699. The van der Waals surface area contributed by atoms with E-state index in [2.05, 4.69) is 5.32 Å². The molecule has 21 heavy (non-hydrogen) atoms. The number of benzene rings is 2. The molecule has 0 spiro atoms. The van der Waals surface area contributed by atoms with Crippen LogP contribution in [0, 0.1) is 0 Å². The van der Waals surface area contributed by atoms with E-state index in [1.807, 2.05) is 37.3 Å². The van der Waals surface area contributed by atoms with Gasteiger partial charge in [0.1, 0.15) is 0 Å². The van der Waals surface area contributed by atoms with E-state index in [1.165, 1.54) is 0 Å². The van der Waals surface area contributed by atoms with Crippen LogP contribution in [0.2, 0.25) is 5.02 Å². The quantitative estimate of drug-likeness (QED) is 0.832. The first kappa shape index (κ1) is 14.0. The maximum Gasteiger partial charge on any atom is 0.228 e. The lowest BCUT2D eigenvalue weighted by atomic mass is 9.82. The average Bonchev–Trinajstić information content (AvgIpc) is 2.49. The van der Waals surface area contributed by atoms with E-state index >= 15 is 0 Å². The van der Waals surface area contributed by atoms with Crippen molar-refractivity contribution in [1.29, 1.82) is 0 Å². The van der Waals surface area contributed by atoms with Gasteiger partial charge in [-0.1, -0.05) is 42.8 Å². The Morgan fingerprint density at radius 1 is 1.14 bits per heavy atom. The maximum atomic E-state index is 12.4. The molecule has 0 aliphatic carbocycles. The van der Waals surface area contributed by atoms with E-state index in [9.17, 15) is 4.79 Å². The summed E-state index contributed by atoms with van der Waals surface area (Å²) in [5.41, 5.74) is 9.52. The normalized spacial score (nSPS) is 20.8. The van der Waals surface area contributed by atoms with Crippen molar-refractivity contribution in [3.05, 3.63) is 64.2 Å². The monoisotopic (exact) mass is 300 g/mol. The molecule has 0 saturated carbocycles. The summed E-state index contributed by atoms with van der Waals surface area (Å²) in [4.78, 5) is 12.4. The van der Waals surface area contributed by atoms with E-state index < -0.39 is 0 Å². The molecule has 0 radical (unpaired) electrons. The number of fused-ring (bicyclic) bond motifs is 1. The number of rotatable bonds is 2. The van der Waals surface area contributed by atoms with Crippen LogP contribution in [0.4, 0.5) is 5.69 Å². The Morgan fingerprint density at radius 2 is 1.86 bits per heavy atom. The van der Waals surface area contributed by atoms with Crippen LogP contribution in [0.3, 0.4) is 0 Å². The number of carbonyl (C=O) groups is 1. The van der Waals surface area contributed by atoms with Gasteiger partial charge in [-0.25, -0.2) is 0 Å². The van der Waals surface area contributed by atoms with Gasteiger partial charge in [-0.2, -0.15) is 0 Å². The molecule has 2 unspecified atom stereocenters. The van der Waals surface area contributed by atoms with Crippen molar-refractivity contribution >= 4 is 23.2 Å². The molecule has 0 bridgehead atoms. The minimum atomic E-state index is -0.243. The number of hydrogen-bond donors (Lipinski definition) is 2. The number of carbonyl (C=O) groups excluding carboxylic acids is 1. The van der Waals surface area contributed by atoms with Gasteiger partial charge in [-0.3, -0.25) is 4.79 Å². The number of hydrogen-bond acceptors (Lipinski definition) is 2. The van der Waals surface area contributed by atoms with Crippen LogP contribution in [-0.2, 0) is 4.79 Å². The highest BCUT2D eigenvalue weighted by molar-refractivity contribution is 6.31. The van der Waals surface area contributed by atoms with Crippen LogP contribution in [-0.4, -0.2) is 5.91 Å². The van der Waals surface area contributed by atoms with Crippen molar-refractivity contribution in [2.45, 2.75) is 25.3 Å². The topological polar surface area (TPSA) is 55.1 Å². The minimum absolute atomic E-state index is 0.0414. The first-order valence-corrected chi connectivity index (χ1v) is 7.43. The molecule has 108 valence electrons. The highest BCUT2D eigenvalue weighted by Gasteiger charge is 2.33. The number of nitrogen functional groups attached to an aromatic ring is 1. The maximum absolute atomic E-state index is 12.4. The third-order valence-corrected chi connectivity index (χ3v) is 4.37. The molecule has 4 heteroatoms. The molecule has 1 heterocycles. The summed E-state index contributed by atoms with van der Waals surface area (Å²) < 4.78 is 0. The standard InChI is InChI=1S/C17H17ClN2O/c1-2-11-12-5-3-4-6-13(12)16(20-17(11)21)14-9-10(19)7-8-15(14)18/h3-9,11,16H,2,19H2,1H3,(H,20,21). The van der Waals surface area contributed by atoms with Crippen LogP contribution in [0.15, 0.2) is 42.5 Å². The first-order chi connectivity index (χ1) is 10.1. The molecule has 3 rings (SSSR count). The highest BCUT2D eigenvalue weighted by atomic mass is 35.5. The lowest BCUT2D eigenvalue weighted by molar-refractivity contribution is -0.123. The molecule has 0 aromatic heterocycles.